The number of para-hydroxylation sites is 1. The van der Waals surface area contributed by atoms with Gasteiger partial charge in [-0.25, -0.2) is 8.42 Å². The van der Waals surface area contributed by atoms with Crippen LogP contribution < -0.4 is 14.8 Å². The third-order valence-corrected chi connectivity index (χ3v) is 7.02. The van der Waals surface area contributed by atoms with Gasteiger partial charge < -0.3 is 10.1 Å². The van der Waals surface area contributed by atoms with Crippen LogP contribution in [0.3, 0.4) is 0 Å². The van der Waals surface area contributed by atoms with Crippen molar-refractivity contribution in [3.63, 3.8) is 0 Å². The molecule has 0 bridgehead atoms. The lowest BCUT2D eigenvalue weighted by Crippen LogP contribution is -2.35. The Kier molecular flexibility index (Phi) is 5.69. The average molecular weight is 451 g/mol. The molecule has 166 valence electrons. The largest absolute Gasteiger partial charge is 0.427 e. The standard InChI is InChI=1S/C25H26N2O4S/c1-17(28)31-19-13-14-22-18(15-19)16-25(2,3)24(26-22)21-11-7-8-12-23(21)27-32(29,30)20-9-5-4-6-10-20/h4-15,24,26-27H,16H2,1-3H3. The Balaban J connectivity index is 1.68. The fraction of sp³-hybridized carbons (Fsp3) is 0.240. The molecule has 1 aliphatic heterocycles. The molecule has 0 radical (unpaired) electrons. The SMILES string of the molecule is CC(=O)Oc1ccc2c(c1)CC(C)(C)C(c1ccccc1NS(=O)(=O)c1ccccc1)N2. The number of carbonyl (C=O) groups is 1. The minimum Gasteiger partial charge on any atom is -0.427 e. The van der Waals surface area contributed by atoms with Crippen molar-refractivity contribution < 1.29 is 17.9 Å². The van der Waals surface area contributed by atoms with Gasteiger partial charge in [0, 0.05) is 12.6 Å². The molecule has 32 heavy (non-hydrogen) atoms. The maximum Gasteiger partial charge on any atom is 0.308 e. The zero-order chi connectivity index (χ0) is 22.9. The molecule has 3 aromatic carbocycles. The van der Waals surface area contributed by atoms with Gasteiger partial charge in [-0.15, -0.1) is 0 Å². The number of benzene rings is 3. The van der Waals surface area contributed by atoms with Gasteiger partial charge in [-0.2, -0.15) is 0 Å². The van der Waals surface area contributed by atoms with Gasteiger partial charge in [0.05, 0.1) is 16.6 Å². The monoisotopic (exact) mass is 450 g/mol. The fourth-order valence-electron chi connectivity index (χ4n) is 4.17. The molecule has 0 amide bonds. The average Bonchev–Trinajstić information content (AvgIpc) is 2.73. The Labute approximate surface area is 188 Å². The predicted molar refractivity (Wildman–Crippen MR) is 125 cm³/mol. The molecule has 0 aliphatic carbocycles. The Morgan fingerprint density at radius 1 is 1.03 bits per heavy atom. The molecule has 2 N–H and O–H groups in total. The van der Waals surface area contributed by atoms with Crippen molar-refractivity contribution in [2.24, 2.45) is 5.41 Å². The molecule has 4 rings (SSSR count). The summed E-state index contributed by atoms with van der Waals surface area (Å²) in [5.41, 5.74) is 3.16. The summed E-state index contributed by atoms with van der Waals surface area (Å²) in [5, 5.41) is 3.57. The third kappa shape index (κ3) is 4.48. The van der Waals surface area contributed by atoms with E-state index in [4.69, 9.17) is 4.74 Å². The van der Waals surface area contributed by atoms with Gasteiger partial charge >= 0.3 is 5.97 Å². The normalized spacial score (nSPS) is 17.0. The number of fused-ring (bicyclic) bond motifs is 1. The van der Waals surface area contributed by atoms with E-state index in [1.165, 1.54) is 6.92 Å². The quantitative estimate of drug-likeness (QED) is 0.415. The van der Waals surface area contributed by atoms with Crippen LogP contribution in [0.25, 0.3) is 0 Å². The number of esters is 1. The molecule has 0 aromatic heterocycles. The molecular formula is C25H26N2O4S. The highest BCUT2D eigenvalue weighted by atomic mass is 32.2. The second kappa shape index (κ2) is 8.31. The highest BCUT2D eigenvalue weighted by molar-refractivity contribution is 7.92. The molecule has 3 aromatic rings. The van der Waals surface area contributed by atoms with E-state index in [9.17, 15) is 13.2 Å². The Morgan fingerprint density at radius 3 is 2.44 bits per heavy atom. The second-order valence-corrected chi connectivity index (χ2v) is 10.3. The van der Waals surface area contributed by atoms with Crippen LogP contribution in [0.1, 0.15) is 37.9 Å². The van der Waals surface area contributed by atoms with E-state index in [1.807, 2.05) is 30.3 Å². The first-order chi connectivity index (χ1) is 15.2. The molecular weight excluding hydrogens is 424 g/mol. The molecule has 1 unspecified atom stereocenters. The summed E-state index contributed by atoms with van der Waals surface area (Å²) in [6.07, 6.45) is 0.731. The van der Waals surface area contributed by atoms with Crippen LogP contribution in [0.5, 0.6) is 5.75 Å². The maximum absolute atomic E-state index is 12.9. The molecule has 0 saturated heterocycles. The van der Waals surface area contributed by atoms with E-state index < -0.39 is 10.0 Å². The van der Waals surface area contributed by atoms with Crippen LogP contribution in [0.4, 0.5) is 11.4 Å². The second-order valence-electron chi connectivity index (χ2n) is 8.66. The number of nitrogens with one attached hydrogen (secondary N) is 2. The Morgan fingerprint density at radius 2 is 1.72 bits per heavy atom. The number of ether oxygens (including phenoxy) is 1. The first-order valence-electron chi connectivity index (χ1n) is 10.4. The molecule has 6 nitrogen and oxygen atoms in total. The molecule has 1 atom stereocenters. The Hall–Kier alpha value is -3.32. The van der Waals surface area contributed by atoms with Gasteiger partial charge in [0.1, 0.15) is 5.75 Å². The summed E-state index contributed by atoms with van der Waals surface area (Å²) in [6.45, 7) is 5.65. The first kappa shape index (κ1) is 21.9. The van der Waals surface area contributed by atoms with Crippen molar-refractivity contribution in [1.82, 2.24) is 0 Å². The van der Waals surface area contributed by atoms with Crippen LogP contribution in [-0.4, -0.2) is 14.4 Å². The minimum atomic E-state index is -3.72. The van der Waals surface area contributed by atoms with Crippen molar-refractivity contribution >= 4 is 27.4 Å². The van der Waals surface area contributed by atoms with Crippen molar-refractivity contribution in [2.75, 3.05) is 10.0 Å². The summed E-state index contributed by atoms with van der Waals surface area (Å²) in [4.78, 5) is 11.5. The third-order valence-electron chi connectivity index (χ3n) is 5.64. The maximum atomic E-state index is 12.9. The van der Waals surface area contributed by atoms with E-state index in [1.54, 1.807) is 42.5 Å². The lowest BCUT2D eigenvalue weighted by Gasteiger charge is -2.42. The summed E-state index contributed by atoms with van der Waals surface area (Å²) in [5.74, 6) is 0.161. The van der Waals surface area contributed by atoms with E-state index in [0.29, 0.717) is 11.4 Å². The van der Waals surface area contributed by atoms with Crippen LogP contribution >= 0.6 is 0 Å². The number of sulfonamides is 1. The number of anilines is 2. The van der Waals surface area contributed by atoms with Crippen LogP contribution in [0.15, 0.2) is 77.7 Å². The van der Waals surface area contributed by atoms with E-state index in [2.05, 4.69) is 23.9 Å². The number of carbonyl (C=O) groups excluding carboxylic acids is 1. The van der Waals surface area contributed by atoms with Crippen molar-refractivity contribution in [3.05, 3.63) is 83.9 Å². The first-order valence-corrected chi connectivity index (χ1v) is 11.9. The highest BCUT2D eigenvalue weighted by Gasteiger charge is 2.37. The van der Waals surface area contributed by atoms with Crippen molar-refractivity contribution in [2.45, 2.75) is 38.1 Å². The predicted octanol–water partition coefficient (Wildman–Crippen LogP) is 5.15. The summed E-state index contributed by atoms with van der Waals surface area (Å²) < 4.78 is 33.9. The fourth-order valence-corrected chi connectivity index (χ4v) is 5.28. The van der Waals surface area contributed by atoms with Gasteiger partial charge in [-0.1, -0.05) is 50.2 Å². The highest BCUT2D eigenvalue weighted by Crippen LogP contribution is 2.47. The van der Waals surface area contributed by atoms with Gasteiger partial charge in [0.2, 0.25) is 0 Å². The molecule has 0 spiro atoms. The lowest BCUT2D eigenvalue weighted by atomic mass is 9.72. The molecule has 0 saturated carbocycles. The molecule has 0 fully saturated rings. The lowest BCUT2D eigenvalue weighted by molar-refractivity contribution is -0.131. The molecule has 1 aliphatic rings. The number of rotatable bonds is 5. The summed E-state index contributed by atoms with van der Waals surface area (Å²) >= 11 is 0. The van der Waals surface area contributed by atoms with E-state index in [0.717, 1.165) is 23.2 Å². The summed E-state index contributed by atoms with van der Waals surface area (Å²) in [6, 6.07) is 21.2. The topological polar surface area (TPSA) is 84.5 Å². The zero-order valence-electron chi connectivity index (χ0n) is 18.3. The smallest absolute Gasteiger partial charge is 0.308 e. The Bertz CT molecular complexity index is 1250. The van der Waals surface area contributed by atoms with Gasteiger partial charge in [-0.3, -0.25) is 9.52 Å². The van der Waals surface area contributed by atoms with Crippen LogP contribution in [-0.2, 0) is 21.2 Å². The van der Waals surface area contributed by atoms with Gasteiger partial charge in [0.25, 0.3) is 10.0 Å². The van der Waals surface area contributed by atoms with Crippen LogP contribution in [0, 0.1) is 5.41 Å². The van der Waals surface area contributed by atoms with Crippen LogP contribution in [0.2, 0.25) is 0 Å². The van der Waals surface area contributed by atoms with Gasteiger partial charge in [-0.05, 0) is 59.4 Å². The zero-order valence-corrected chi connectivity index (χ0v) is 19.1. The van der Waals surface area contributed by atoms with E-state index in [-0.39, 0.29) is 22.3 Å². The summed E-state index contributed by atoms with van der Waals surface area (Å²) in [7, 11) is -3.72. The van der Waals surface area contributed by atoms with Crippen molar-refractivity contribution in [1.29, 1.82) is 0 Å². The number of hydrogen-bond donors (Lipinski definition) is 2. The van der Waals surface area contributed by atoms with Gasteiger partial charge in [0.15, 0.2) is 0 Å². The van der Waals surface area contributed by atoms with E-state index >= 15 is 0 Å². The minimum absolute atomic E-state index is 0.135. The van der Waals surface area contributed by atoms with Crippen molar-refractivity contribution in [3.8, 4) is 5.75 Å². The molecule has 7 heteroatoms. The molecule has 1 heterocycles. The number of hydrogen-bond acceptors (Lipinski definition) is 5.